The van der Waals surface area contributed by atoms with Gasteiger partial charge in [-0.2, -0.15) is 0 Å². The average molecular weight is 419 g/mol. The minimum absolute atomic E-state index is 0.0262. The number of amides is 1. The van der Waals surface area contributed by atoms with Crippen LogP contribution in [0.4, 0.5) is 5.69 Å². The summed E-state index contributed by atoms with van der Waals surface area (Å²) in [4.78, 5) is 34.4. The molecule has 152 valence electrons. The SMILES string of the molecule is O=C(COC(=O)c1ccc(Oc2ccc(Cl)cc2[N+](=O)[O-])cc1)NC1CCCC1. The third-order valence-electron chi connectivity index (χ3n) is 4.49. The van der Waals surface area contributed by atoms with E-state index >= 15 is 0 Å². The average Bonchev–Trinajstić information content (AvgIpc) is 3.21. The minimum Gasteiger partial charge on any atom is -0.452 e. The molecule has 3 rings (SSSR count). The molecule has 2 aromatic carbocycles. The Morgan fingerprint density at radius 2 is 1.83 bits per heavy atom. The Balaban J connectivity index is 1.56. The van der Waals surface area contributed by atoms with Gasteiger partial charge in [-0.25, -0.2) is 4.79 Å². The zero-order valence-corrected chi connectivity index (χ0v) is 16.2. The van der Waals surface area contributed by atoms with Gasteiger partial charge in [-0.15, -0.1) is 0 Å². The molecular weight excluding hydrogens is 400 g/mol. The summed E-state index contributed by atoms with van der Waals surface area (Å²) in [6.45, 7) is -0.343. The monoisotopic (exact) mass is 418 g/mol. The van der Waals surface area contributed by atoms with Crippen LogP contribution < -0.4 is 10.1 Å². The van der Waals surface area contributed by atoms with Crippen molar-refractivity contribution in [3.63, 3.8) is 0 Å². The van der Waals surface area contributed by atoms with Crippen molar-refractivity contribution >= 4 is 29.2 Å². The zero-order valence-electron chi connectivity index (χ0n) is 15.4. The third-order valence-corrected chi connectivity index (χ3v) is 4.73. The van der Waals surface area contributed by atoms with Crippen LogP contribution in [0.1, 0.15) is 36.0 Å². The lowest BCUT2D eigenvalue weighted by molar-refractivity contribution is -0.385. The van der Waals surface area contributed by atoms with Gasteiger partial charge in [0.2, 0.25) is 5.75 Å². The van der Waals surface area contributed by atoms with Crippen molar-refractivity contribution in [1.29, 1.82) is 0 Å². The van der Waals surface area contributed by atoms with Crippen molar-refractivity contribution in [2.24, 2.45) is 0 Å². The minimum atomic E-state index is -0.643. The Kier molecular flexibility index (Phi) is 6.66. The second kappa shape index (κ2) is 9.38. The van der Waals surface area contributed by atoms with Gasteiger partial charge in [-0.05, 0) is 49.2 Å². The number of benzene rings is 2. The van der Waals surface area contributed by atoms with Crippen LogP contribution in [0, 0.1) is 10.1 Å². The van der Waals surface area contributed by atoms with Gasteiger partial charge >= 0.3 is 11.7 Å². The molecule has 1 aliphatic rings. The molecule has 0 saturated heterocycles. The number of carbonyl (C=O) groups excluding carboxylic acids is 2. The fourth-order valence-electron chi connectivity index (χ4n) is 3.06. The van der Waals surface area contributed by atoms with Gasteiger partial charge in [0.05, 0.1) is 10.5 Å². The van der Waals surface area contributed by atoms with Crippen LogP contribution in [0.5, 0.6) is 11.5 Å². The summed E-state index contributed by atoms with van der Waals surface area (Å²) in [6, 6.07) is 10.1. The molecule has 1 fully saturated rings. The van der Waals surface area contributed by atoms with Crippen molar-refractivity contribution in [3.05, 3.63) is 63.2 Å². The summed E-state index contributed by atoms with van der Waals surface area (Å²) in [5.74, 6) is -0.639. The van der Waals surface area contributed by atoms with Gasteiger partial charge in [-0.3, -0.25) is 14.9 Å². The van der Waals surface area contributed by atoms with E-state index in [4.69, 9.17) is 21.1 Å². The van der Waals surface area contributed by atoms with E-state index in [9.17, 15) is 19.7 Å². The Morgan fingerprint density at radius 1 is 1.14 bits per heavy atom. The molecule has 0 unspecified atom stereocenters. The van der Waals surface area contributed by atoms with Gasteiger partial charge < -0.3 is 14.8 Å². The van der Waals surface area contributed by atoms with Crippen LogP contribution in [0.15, 0.2) is 42.5 Å². The van der Waals surface area contributed by atoms with Gasteiger partial charge in [0.1, 0.15) is 5.75 Å². The molecule has 0 bridgehead atoms. The molecule has 1 saturated carbocycles. The second-order valence-electron chi connectivity index (χ2n) is 6.62. The summed E-state index contributed by atoms with van der Waals surface area (Å²) >= 11 is 5.78. The lowest BCUT2D eigenvalue weighted by atomic mass is 10.2. The van der Waals surface area contributed by atoms with E-state index in [1.165, 1.54) is 42.5 Å². The number of carbonyl (C=O) groups is 2. The van der Waals surface area contributed by atoms with Gasteiger partial charge in [0, 0.05) is 17.1 Å². The molecular formula is C20H19ClN2O6. The normalized spacial score (nSPS) is 13.7. The lowest BCUT2D eigenvalue weighted by Gasteiger charge is -2.12. The second-order valence-corrected chi connectivity index (χ2v) is 7.06. The lowest BCUT2D eigenvalue weighted by Crippen LogP contribution is -2.35. The molecule has 0 aromatic heterocycles. The van der Waals surface area contributed by atoms with Crippen molar-refractivity contribution in [3.8, 4) is 11.5 Å². The summed E-state index contributed by atoms with van der Waals surface area (Å²) in [7, 11) is 0. The molecule has 2 aromatic rings. The first-order chi connectivity index (χ1) is 13.9. The fraction of sp³-hybridized carbons (Fsp3) is 0.300. The Labute approximate surface area is 171 Å². The first-order valence-corrected chi connectivity index (χ1v) is 9.48. The zero-order chi connectivity index (χ0) is 20.8. The molecule has 0 atom stereocenters. The summed E-state index contributed by atoms with van der Waals surface area (Å²) in [5, 5.41) is 14.2. The van der Waals surface area contributed by atoms with E-state index in [0.29, 0.717) is 5.75 Å². The number of hydrogen-bond donors (Lipinski definition) is 1. The van der Waals surface area contributed by atoms with Crippen LogP contribution in [0.3, 0.4) is 0 Å². The first kappa shape index (κ1) is 20.6. The van der Waals surface area contributed by atoms with Crippen molar-refractivity contribution in [2.75, 3.05) is 6.61 Å². The van der Waals surface area contributed by atoms with E-state index in [-0.39, 0.29) is 40.6 Å². The van der Waals surface area contributed by atoms with E-state index in [0.717, 1.165) is 25.7 Å². The number of halogens is 1. The maximum absolute atomic E-state index is 12.1. The highest BCUT2D eigenvalue weighted by Crippen LogP contribution is 2.33. The summed E-state index contributed by atoms with van der Waals surface area (Å²) < 4.78 is 10.5. The van der Waals surface area contributed by atoms with Gasteiger partial charge in [0.25, 0.3) is 5.91 Å². The summed E-state index contributed by atoms with van der Waals surface area (Å²) in [5.41, 5.74) is -0.0362. The predicted molar refractivity (Wildman–Crippen MR) is 105 cm³/mol. The quantitative estimate of drug-likeness (QED) is 0.409. The number of nitrogens with one attached hydrogen (secondary N) is 1. The number of esters is 1. The van der Waals surface area contributed by atoms with Gasteiger partial charge in [0.15, 0.2) is 6.61 Å². The topological polar surface area (TPSA) is 108 Å². The summed E-state index contributed by atoms with van der Waals surface area (Å²) in [6.07, 6.45) is 4.09. The molecule has 1 amide bonds. The largest absolute Gasteiger partial charge is 0.452 e. The van der Waals surface area contributed by atoms with Crippen molar-refractivity contribution in [1.82, 2.24) is 5.32 Å². The van der Waals surface area contributed by atoms with E-state index in [1.54, 1.807) is 0 Å². The molecule has 0 heterocycles. The number of ether oxygens (including phenoxy) is 2. The highest BCUT2D eigenvalue weighted by molar-refractivity contribution is 6.30. The first-order valence-electron chi connectivity index (χ1n) is 9.11. The molecule has 29 heavy (non-hydrogen) atoms. The van der Waals surface area contributed by atoms with E-state index in [2.05, 4.69) is 5.32 Å². The van der Waals surface area contributed by atoms with Crippen LogP contribution in [0.2, 0.25) is 5.02 Å². The fourth-order valence-corrected chi connectivity index (χ4v) is 3.23. The number of hydrogen-bond acceptors (Lipinski definition) is 6. The Morgan fingerprint density at radius 3 is 2.48 bits per heavy atom. The Hall–Kier alpha value is -3.13. The van der Waals surface area contributed by atoms with Crippen LogP contribution in [0.25, 0.3) is 0 Å². The number of nitrogens with zero attached hydrogens (tertiary/aromatic N) is 1. The third kappa shape index (κ3) is 5.68. The predicted octanol–water partition coefficient (Wildman–Crippen LogP) is 4.26. The highest BCUT2D eigenvalue weighted by Gasteiger charge is 2.19. The molecule has 0 radical (unpaired) electrons. The maximum atomic E-state index is 12.1. The standard InChI is InChI=1S/C20H19ClN2O6/c21-14-7-10-18(17(11-14)23(26)27)29-16-8-5-13(6-9-16)20(25)28-12-19(24)22-15-3-1-2-4-15/h5-11,15H,1-4,12H2,(H,22,24). The number of nitro groups is 1. The van der Waals surface area contributed by atoms with E-state index < -0.39 is 10.9 Å². The van der Waals surface area contributed by atoms with Crippen LogP contribution >= 0.6 is 11.6 Å². The molecule has 1 aliphatic carbocycles. The van der Waals surface area contributed by atoms with Gasteiger partial charge in [-0.1, -0.05) is 24.4 Å². The highest BCUT2D eigenvalue weighted by atomic mass is 35.5. The molecule has 8 nitrogen and oxygen atoms in total. The van der Waals surface area contributed by atoms with Crippen LogP contribution in [-0.4, -0.2) is 29.4 Å². The van der Waals surface area contributed by atoms with Crippen molar-refractivity contribution in [2.45, 2.75) is 31.7 Å². The molecule has 9 heteroatoms. The number of nitro benzene ring substituents is 1. The van der Waals surface area contributed by atoms with Crippen molar-refractivity contribution < 1.29 is 24.0 Å². The Bertz CT molecular complexity index is 910. The molecule has 1 N–H and O–H groups in total. The van der Waals surface area contributed by atoms with E-state index in [1.807, 2.05) is 0 Å². The van der Waals surface area contributed by atoms with Crippen LogP contribution in [-0.2, 0) is 9.53 Å². The molecule has 0 spiro atoms. The maximum Gasteiger partial charge on any atom is 0.338 e. The smallest absolute Gasteiger partial charge is 0.338 e. The number of rotatable bonds is 7. The molecule has 0 aliphatic heterocycles.